The molecule has 3 rings (SSSR count). The van der Waals surface area contributed by atoms with Crippen LogP contribution in [0.25, 0.3) is 11.5 Å². The third kappa shape index (κ3) is 1.99. The van der Waals surface area contributed by atoms with Gasteiger partial charge in [-0.05, 0) is 31.5 Å². The molecule has 18 heavy (non-hydrogen) atoms. The predicted octanol–water partition coefficient (Wildman–Crippen LogP) is 1.80. The second kappa shape index (κ2) is 4.46. The summed E-state index contributed by atoms with van der Waals surface area (Å²) in [5.41, 5.74) is 5.52. The molecule has 1 aliphatic heterocycles. The summed E-state index contributed by atoms with van der Waals surface area (Å²) in [6, 6.07) is 4.01. The van der Waals surface area contributed by atoms with Crippen molar-refractivity contribution in [3.05, 3.63) is 40.8 Å². The van der Waals surface area contributed by atoms with Crippen LogP contribution in [0.5, 0.6) is 0 Å². The fourth-order valence-corrected chi connectivity index (χ4v) is 2.29. The Bertz CT molecular complexity index is 592. The largest absolute Gasteiger partial charge is 0.312 e. The Morgan fingerprint density at radius 3 is 2.94 bits per heavy atom. The van der Waals surface area contributed by atoms with E-state index in [0.29, 0.717) is 0 Å². The first-order chi connectivity index (χ1) is 8.74. The monoisotopic (exact) mass is 240 g/mol. The third-order valence-corrected chi connectivity index (χ3v) is 3.28. The molecule has 0 aromatic carbocycles. The van der Waals surface area contributed by atoms with Crippen molar-refractivity contribution < 1.29 is 0 Å². The summed E-state index contributed by atoms with van der Waals surface area (Å²) in [6.07, 6.45) is 2.78. The molecule has 0 saturated heterocycles. The quantitative estimate of drug-likeness (QED) is 0.825. The Labute approximate surface area is 107 Å². The van der Waals surface area contributed by atoms with Crippen LogP contribution in [0.2, 0.25) is 0 Å². The average Bonchev–Trinajstić information content (AvgIpc) is 2.39. The Morgan fingerprint density at radius 1 is 1.22 bits per heavy atom. The zero-order valence-corrected chi connectivity index (χ0v) is 10.7. The molecule has 1 N–H and O–H groups in total. The number of fused-ring (bicyclic) bond motifs is 1. The molecule has 0 unspecified atom stereocenters. The molecule has 92 valence electrons. The van der Waals surface area contributed by atoms with E-state index in [4.69, 9.17) is 0 Å². The van der Waals surface area contributed by atoms with Gasteiger partial charge in [-0.25, -0.2) is 9.97 Å². The van der Waals surface area contributed by atoms with Crippen LogP contribution in [0.4, 0.5) is 0 Å². The Balaban J connectivity index is 2.11. The van der Waals surface area contributed by atoms with E-state index in [-0.39, 0.29) is 0 Å². The lowest BCUT2D eigenvalue weighted by atomic mass is 10.1. The van der Waals surface area contributed by atoms with Crippen LogP contribution in [0.1, 0.15) is 22.5 Å². The van der Waals surface area contributed by atoms with Crippen molar-refractivity contribution in [3.8, 4) is 11.5 Å². The highest BCUT2D eigenvalue weighted by molar-refractivity contribution is 5.51. The van der Waals surface area contributed by atoms with Gasteiger partial charge in [0.15, 0.2) is 5.82 Å². The maximum absolute atomic E-state index is 4.67. The van der Waals surface area contributed by atoms with Gasteiger partial charge in [-0.3, -0.25) is 4.98 Å². The van der Waals surface area contributed by atoms with E-state index in [2.05, 4.69) is 27.2 Å². The fraction of sp³-hybridized carbons (Fsp3) is 0.357. The van der Waals surface area contributed by atoms with E-state index in [0.717, 1.165) is 36.7 Å². The molecular weight excluding hydrogens is 224 g/mol. The van der Waals surface area contributed by atoms with E-state index in [1.165, 1.54) is 16.8 Å². The summed E-state index contributed by atoms with van der Waals surface area (Å²) < 4.78 is 0. The lowest BCUT2D eigenvalue weighted by Crippen LogP contribution is -2.26. The van der Waals surface area contributed by atoms with Gasteiger partial charge >= 0.3 is 0 Å². The first-order valence-corrected chi connectivity index (χ1v) is 6.24. The minimum Gasteiger partial charge on any atom is -0.312 e. The van der Waals surface area contributed by atoms with Gasteiger partial charge in [0.2, 0.25) is 0 Å². The molecule has 0 amide bonds. The molecule has 0 radical (unpaired) electrons. The van der Waals surface area contributed by atoms with Crippen LogP contribution in [0.15, 0.2) is 18.3 Å². The summed E-state index contributed by atoms with van der Waals surface area (Å²) in [7, 11) is 0. The predicted molar refractivity (Wildman–Crippen MR) is 70.1 cm³/mol. The Kier molecular flexibility index (Phi) is 2.80. The standard InChI is InChI=1S/C14H16N4/c1-9-3-6-16-13(7-9)14-17-10(2)11-8-15-5-4-12(11)18-14/h3,6-7,15H,4-5,8H2,1-2H3. The zero-order valence-electron chi connectivity index (χ0n) is 10.7. The zero-order chi connectivity index (χ0) is 12.5. The summed E-state index contributed by atoms with van der Waals surface area (Å²) in [5, 5.41) is 3.35. The maximum Gasteiger partial charge on any atom is 0.178 e. The van der Waals surface area contributed by atoms with Gasteiger partial charge in [0.05, 0.1) is 5.69 Å². The minimum absolute atomic E-state index is 0.747. The van der Waals surface area contributed by atoms with Gasteiger partial charge in [-0.15, -0.1) is 0 Å². The van der Waals surface area contributed by atoms with Crippen molar-refractivity contribution in [2.24, 2.45) is 0 Å². The molecule has 0 saturated carbocycles. The SMILES string of the molecule is Cc1ccnc(-c2nc(C)c3c(n2)CCNC3)c1. The highest BCUT2D eigenvalue weighted by Gasteiger charge is 2.16. The van der Waals surface area contributed by atoms with E-state index >= 15 is 0 Å². The smallest absolute Gasteiger partial charge is 0.178 e. The van der Waals surface area contributed by atoms with Crippen molar-refractivity contribution in [1.82, 2.24) is 20.3 Å². The van der Waals surface area contributed by atoms with Crippen LogP contribution < -0.4 is 5.32 Å². The summed E-state index contributed by atoms with van der Waals surface area (Å²) in [6.45, 7) is 5.97. The molecule has 4 heteroatoms. The molecule has 2 aromatic heterocycles. The molecule has 0 fully saturated rings. The highest BCUT2D eigenvalue weighted by atomic mass is 15.0. The van der Waals surface area contributed by atoms with Crippen LogP contribution in [0, 0.1) is 13.8 Å². The van der Waals surface area contributed by atoms with E-state index < -0.39 is 0 Å². The van der Waals surface area contributed by atoms with Gasteiger partial charge in [0.25, 0.3) is 0 Å². The molecule has 4 nitrogen and oxygen atoms in total. The van der Waals surface area contributed by atoms with Gasteiger partial charge in [-0.1, -0.05) is 0 Å². The fourth-order valence-electron chi connectivity index (χ4n) is 2.29. The second-order valence-corrected chi connectivity index (χ2v) is 4.70. The number of nitrogens with zero attached hydrogens (tertiary/aromatic N) is 3. The van der Waals surface area contributed by atoms with Gasteiger partial charge < -0.3 is 5.32 Å². The molecule has 1 aliphatic rings. The van der Waals surface area contributed by atoms with Crippen molar-refractivity contribution in [3.63, 3.8) is 0 Å². The van der Waals surface area contributed by atoms with E-state index in [1.54, 1.807) is 0 Å². The number of hydrogen-bond donors (Lipinski definition) is 1. The second-order valence-electron chi connectivity index (χ2n) is 4.70. The first-order valence-electron chi connectivity index (χ1n) is 6.24. The first kappa shape index (κ1) is 11.3. The lowest BCUT2D eigenvalue weighted by molar-refractivity contribution is 0.621. The van der Waals surface area contributed by atoms with Gasteiger partial charge in [-0.2, -0.15) is 0 Å². The molecule has 0 atom stereocenters. The van der Waals surface area contributed by atoms with Crippen molar-refractivity contribution in [1.29, 1.82) is 0 Å². The van der Waals surface area contributed by atoms with Crippen molar-refractivity contribution in [2.45, 2.75) is 26.8 Å². The summed E-state index contributed by atoms with van der Waals surface area (Å²) in [5.74, 6) is 0.747. The normalized spacial score (nSPS) is 14.3. The number of aryl methyl sites for hydroxylation is 2. The van der Waals surface area contributed by atoms with Gasteiger partial charge in [0, 0.05) is 37.0 Å². The van der Waals surface area contributed by atoms with Crippen LogP contribution in [-0.2, 0) is 13.0 Å². The summed E-state index contributed by atoms with van der Waals surface area (Å²) >= 11 is 0. The van der Waals surface area contributed by atoms with E-state index in [1.807, 2.05) is 25.3 Å². The Morgan fingerprint density at radius 2 is 2.11 bits per heavy atom. The lowest BCUT2D eigenvalue weighted by Gasteiger charge is -2.18. The summed E-state index contributed by atoms with van der Waals surface area (Å²) in [4.78, 5) is 13.6. The molecule has 0 aliphatic carbocycles. The highest BCUT2D eigenvalue weighted by Crippen LogP contribution is 2.20. The Hall–Kier alpha value is -1.81. The number of hydrogen-bond acceptors (Lipinski definition) is 4. The molecule has 2 aromatic rings. The maximum atomic E-state index is 4.67. The van der Waals surface area contributed by atoms with Crippen LogP contribution in [-0.4, -0.2) is 21.5 Å². The number of aromatic nitrogens is 3. The molecule has 0 bridgehead atoms. The molecule has 3 heterocycles. The average molecular weight is 240 g/mol. The topological polar surface area (TPSA) is 50.7 Å². The number of pyridine rings is 1. The van der Waals surface area contributed by atoms with Crippen LogP contribution in [0.3, 0.4) is 0 Å². The number of rotatable bonds is 1. The van der Waals surface area contributed by atoms with Crippen molar-refractivity contribution >= 4 is 0 Å². The molecular formula is C14H16N4. The van der Waals surface area contributed by atoms with Crippen LogP contribution >= 0.6 is 0 Å². The minimum atomic E-state index is 0.747. The van der Waals surface area contributed by atoms with Gasteiger partial charge in [0.1, 0.15) is 5.69 Å². The number of nitrogens with one attached hydrogen (secondary N) is 1. The third-order valence-electron chi connectivity index (χ3n) is 3.28. The van der Waals surface area contributed by atoms with E-state index in [9.17, 15) is 0 Å². The van der Waals surface area contributed by atoms with Crippen molar-refractivity contribution in [2.75, 3.05) is 6.54 Å². The molecule has 0 spiro atoms.